The van der Waals surface area contributed by atoms with Gasteiger partial charge in [-0.3, -0.25) is 4.99 Å². The topological polar surface area (TPSA) is 68.9 Å². The molecule has 3 N–H and O–H groups in total. The first-order valence-corrected chi connectivity index (χ1v) is 7.02. The van der Waals surface area contributed by atoms with Crippen molar-refractivity contribution in [2.24, 2.45) is 10.7 Å². The minimum Gasteiger partial charge on any atom is -0.495 e. The zero-order chi connectivity index (χ0) is 15.8. The average molecular weight is 427 g/mol. The second-order valence-electron chi connectivity index (χ2n) is 4.69. The summed E-state index contributed by atoms with van der Waals surface area (Å²) in [5.41, 5.74) is 7.78. The summed E-state index contributed by atoms with van der Waals surface area (Å²) in [7, 11) is 3.28. The van der Waals surface area contributed by atoms with Crippen LogP contribution in [0.2, 0.25) is 0 Å². The third-order valence-corrected chi connectivity index (χ3v) is 3.25. The van der Waals surface area contributed by atoms with Crippen molar-refractivity contribution in [3.05, 3.63) is 60.2 Å². The Labute approximate surface area is 153 Å². The number of nitrogens with one attached hydrogen (secondary N) is 1. The summed E-state index contributed by atoms with van der Waals surface area (Å²) in [5.74, 6) is 1.04. The maximum absolute atomic E-state index is 5.94. The zero-order valence-corrected chi connectivity index (χ0v) is 15.6. The van der Waals surface area contributed by atoms with Gasteiger partial charge in [0.2, 0.25) is 0 Å². The molecule has 0 aliphatic heterocycles. The van der Waals surface area contributed by atoms with Crippen molar-refractivity contribution in [1.29, 1.82) is 0 Å². The van der Waals surface area contributed by atoms with Crippen molar-refractivity contribution in [1.82, 2.24) is 0 Å². The smallest absolute Gasteiger partial charge is 0.193 e. The SMILES string of the molecule is COc1ccccc1NC(N)=NCC(OC)c1ccccc1.I. The highest BCUT2D eigenvalue weighted by molar-refractivity contribution is 14.0. The first-order chi connectivity index (χ1) is 10.7. The molecule has 0 aromatic heterocycles. The van der Waals surface area contributed by atoms with Crippen LogP contribution < -0.4 is 15.8 Å². The fraction of sp³-hybridized carbons (Fsp3) is 0.235. The molecule has 124 valence electrons. The van der Waals surface area contributed by atoms with Crippen molar-refractivity contribution in [2.75, 3.05) is 26.1 Å². The summed E-state index contributed by atoms with van der Waals surface area (Å²) in [6.45, 7) is 0.439. The standard InChI is InChI=1S/C17H21N3O2.HI/c1-21-15-11-7-6-10-14(15)20-17(18)19-12-16(22-2)13-8-4-3-5-9-13;/h3-11,16H,12H2,1-2H3,(H3,18,19,20);1H. The van der Waals surface area contributed by atoms with E-state index in [9.17, 15) is 0 Å². The molecule has 5 nitrogen and oxygen atoms in total. The Morgan fingerprint density at radius 2 is 1.74 bits per heavy atom. The van der Waals surface area contributed by atoms with Crippen LogP contribution in [0, 0.1) is 0 Å². The molecule has 0 amide bonds. The summed E-state index contributed by atoms with van der Waals surface area (Å²) in [4.78, 5) is 4.35. The molecule has 0 aliphatic rings. The molecular formula is C17H22IN3O2. The molecule has 6 heteroatoms. The summed E-state index contributed by atoms with van der Waals surface area (Å²) in [6, 6.07) is 17.5. The van der Waals surface area contributed by atoms with Crippen molar-refractivity contribution in [3.8, 4) is 5.75 Å². The van der Waals surface area contributed by atoms with E-state index in [4.69, 9.17) is 15.2 Å². The Morgan fingerprint density at radius 1 is 1.09 bits per heavy atom. The number of para-hydroxylation sites is 2. The lowest BCUT2D eigenvalue weighted by Crippen LogP contribution is -2.24. The van der Waals surface area contributed by atoms with Crippen molar-refractivity contribution in [3.63, 3.8) is 0 Å². The van der Waals surface area contributed by atoms with E-state index in [0.717, 1.165) is 11.3 Å². The van der Waals surface area contributed by atoms with Crippen LogP contribution in [-0.2, 0) is 4.74 Å². The first kappa shape index (κ1) is 19.2. The number of aliphatic imine (C=N–C) groups is 1. The molecule has 23 heavy (non-hydrogen) atoms. The number of hydrogen-bond acceptors (Lipinski definition) is 3. The summed E-state index contributed by atoms with van der Waals surface area (Å²) >= 11 is 0. The van der Waals surface area contributed by atoms with Gasteiger partial charge in [-0.15, -0.1) is 24.0 Å². The highest BCUT2D eigenvalue weighted by Crippen LogP contribution is 2.22. The molecule has 1 unspecified atom stereocenters. The summed E-state index contributed by atoms with van der Waals surface area (Å²) in [5, 5.41) is 3.04. The third-order valence-electron chi connectivity index (χ3n) is 3.25. The van der Waals surface area contributed by atoms with Gasteiger partial charge in [-0.2, -0.15) is 0 Å². The maximum Gasteiger partial charge on any atom is 0.193 e. The van der Waals surface area contributed by atoms with Crippen molar-refractivity contribution < 1.29 is 9.47 Å². The van der Waals surface area contributed by atoms with Gasteiger partial charge in [0, 0.05) is 7.11 Å². The van der Waals surface area contributed by atoms with Crippen LogP contribution in [0.4, 0.5) is 5.69 Å². The number of nitrogens with two attached hydrogens (primary N) is 1. The molecular weight excluding hydrogens is 405 g/mol. The summed E-state index contributed by atoms with van der Waals surface area (Å²) < 4.78 is 10.7. The van der Waals surface area contributed by atoms with E-state index in [2.05, 4.69) is 10.3 Å². The highest BCUT2D eigenvalue weighted by atomic mass is 127. The Balaban J connectivity index is 0.00000264. The number of rotatable bonds is 6. The minimum atomic E-state index is -0.126. The number of guanidine groups is 1. The van der Waals surface area contributed by atoms with E-state index >= 15 is 0 Å². The normalized spacial score (nSPS) is 12.2. The lowest BCUT2D eigenvalue weighted by molar-refractivity contribution is 0.111. The lowest BCUT2D eigenvalue weighted by atomic mass is 10.1. The number of ether oxygens (including phenoxy) is 2. The average Bonchev–Trinajstić information content (AvgIpc) is 2.57. The molecule has 0 radical (unpaired) electrons. The molecule has 0 spiro atoms. The molecule has 2 aromatic carbocycles. The van der Waals surface area contributed by atoms with Gasteiger partial charge in [-0.25, -0.2) is 0 Å². The van der Waals surface area contributed by atoms with Crippen LogP contribution in [0.25, 0.3) is 0 Å². The Kier molecular flexibility index (Phi) is 8.42. The van der Waals surface area contributed by atoms with E-state index in [-0.39, 0.29) is 30.1 Å². The first-order valence-electron chi connectivity index (χ1n) is 7.02. The van der Waals surface area contributed by atoms with Gasteiger partial charge in [-0.05, 0) is 17.7 Å². The number of methoxy groups -OCH3 is 2. The third kappa shape index (κ3) is 5.72. The monoisotopic (exact) mass is 427 g/mol. The Bertz CT molecular complexity index is 620. The fourth-order valence-electron chi connectivity index (χ4n) is 2.09. The zero-order valence-electron chi connectivity index (χ0n) is 13.2. The van der Waals surface area contributed by atoms with Crippen LogP contribution in [-0.4, -0.2) is 26.7 Å². The van der Waals surface area contributed by atoms with Gasteiger partial charge in [0.05, 0.1) is 19.3 Å². The number of hydrogen-bond donors (Lipinski definition) is 2. The Morgan fingerprint density at radius 3 is 2.39 bits per heavy atom. The molecule has 0 saturated heterocycles. The van der Waals surface area contributed by atoms with Gasteiger partial charge in [0.25, 0.3) is 0 Å². The van der Waals surface area contributed by atoms with Crippen LogP contribution in [0.3, 0.4) is 0 Å². The van der Waals surface area contributed by atoms with Gasteiger partial charge in [0.1, 0.15) is 11.9 Å². The second kappa shape index (κ2) is 10.1. The molecule has 1 atom stereocenters. The van der Waals surface area contributed by atoms with Crippen LogP contribution in [0.15, 0.2) is 59.6 Å². The van der Waals surface area contributed by atoms with Gasteiger partial charge in [0.15, 0.2) is 5.96 Å². The molecule has 2 aromatic rings. The van der Waals surface area contributed by atoms with E-state index in [1.54, 1.807) is 14.2 Å². The molecule has 0 heterocycles. The van der Waals surface area contributed by atoms with E-state index in [0.29, 0.717) is 18.3 Å². The maximum atomic E-state index is 5.94. The van der Waals surface area contributed by atoms with Crippen molar-refractivity contribution in [2.45, 2.75) is 6.10 Å². The number of benzene rings is 2. The largest absolute Gasteiger partial charge is 0.495 e. The molecule has 0 fully saturated rings. The molecule has 0 aliphatic carbocycles. The van der Waals surface area contributed by atoms with E-state index < -0.39 is 0 Å². The van der Waals surface area contributed by atoms with Crippen molar-refractivity contribution >= 4 is 35.6 Å². The molecule has 2 rings (SSSR count). The summed E-state index contributed by atoms with van der Waals surface area (Å²) in [6.07, 6.45) is -0.126. The number of nitrogens with zero attached hydrogens (tertiary/aromatic N) is 1. The van der Waals surface area contributed by atoms with Gasteiger partial charge >= 0.3 is 0 Å². The lowest BCUT2D eigenvalue weighted by Gasteiger charge is -2.14. The quantitative estimate of drug-likeness (QED) is 0.421. The Hall–Kier alpha value is -1.80. The van der Waals surface area contributed by atoms with E-state index in [1.165, 1.54) is 0 Å². The van der Waals surface area contributed by atoms with E-state index in [1.807, 2.05) is 54.6 Å². The second-order valence-corrected chi connectivity index (χ2v) is 4.69. The van der Waals surface area contributed by atoms with Gasteiger partial charge in [-0.1, -0.05) is 42.5 Å². The molecule has 0 saturated carbocycles. The molecule has 0 bridgehead atoms. The van der Waals surface area contributed by atoms with Crippen LogP contribution >= 0.6 is 24.0 Å². The fourth-order valence-corrected chi connectivity index (χ4v) is 2.09. The van der Waals surface area contributed by atoms with Gasteiger partial charge < -0.3 is 20.5 Å². The number of anilines is 1. The predicted octanol–water partition coefficient (Wildman–Crippen LogP) is 3.43. The predicted molar refractivity (Wildman–Crippen MR) is 105 cm³/mol. The number of halogens is 1. The van der Waals surface area contributed by atoms with Crippen LogP contribution in [0.1, 0.15) is 11.7 Å². The minimum absolute atomic E-state index is 0. The highest BCUT2D eigenvalue weighted by Gasteiger charge is 2.09. The van der Waals surface area contributed by atoms with Crippen LogP contribution in [0.5, 0.6) is 5.75 Å².